The van der Waals surface area contributed by atoms with Gasteiger partial charge in [0.2, 0.25) is 0 Å². The van der Waals surface area contributed by atoms with E-state index in [0.717, 1.165) is 28.5 Å². The van der Waals surface area contributed by atoms with Gasteiger partial charge in [-0.2, -0.15) is 0 Å². The van der Waals surface area contributed by atoms with Crippen LogP contribution in [-0.4, -0.2) is 34.9 Å². The summed E-state index contributed by atoms with van der Waals surface area (Å²) in [6, 6.07) is 10.2. The quantitative estimate of drug-likeness (QED) is 0.671. The molecular formula is C16H20BrN5. The number of hydrogen-bond donors (Lipinski definition) is 1. The highest BCUT2D eigenvalue weighted by molar-refractivity contribution is 9.10. The molecule has 6 heteroatoms. The Hall–Kier alpha value is -1.95. The molecule has 1 N–H and O–H groups in total. The van der Waals surface area contributed by atoms with Crippen LogP contribution in [-0.2, 0) is 13.1 Å². The Labute approximate surface area is 139 Å². The Morgan fingerprint density at radius 1 is 1.27 bits per heavy atom. The van der Waals surface area contributed by atoms with Gasteiger partial charge in [0.15, 0.2) is 5.96 Å². The second-order valence-electron chi connectivity index (χ2n) is 4.98. The normalized spacial score (nSPS) is 11.4. The first-order valence-corrected chi connectivity index (χ1v) is 7.82. The van der Waals surface area contributed by atoms with Crippen LogP contribution in [0.4, 0.5) is 0 Å². The molecule has 0 atom stereocenters. The van der Waals surface area contributed by atoms with Gasteiger partial charge in [0.05, 0.1) is 12.2 Å². The number of aliphatic imine (C=N–C) groups is 1. The fourth-order valence-electron chi connectivity index (χ4n) is 2.10. The first-order chi connectivity index (χ1) is 10.6. The van der Waals surface area contributed by atoms with E-state index >= 15 is 0 Å². The molecule has 0 saturated carbocycles. The van der Waals surface area contributed by atoms with E-state index < -0.39 is 0 Å². The average molecular weight is 362 g/mol. The van der Waals surface area contributed by atoms with Crippen molar-refractivity contribution in [3.05, 3.63) is 58.1 Å². The number of aromatic nitrogens is 2. The predicted octanol–water partition coefficient (Wildman–Crippen LogP) is 2.75. The lowest BCUT2D eigenvalue weighted by atomic mass is 10.2. The highest BCUT2D eigenvalue weighted by atomic mass is 79.9. The minimum atomic E-state index is 0.626. The summed E-state index contributed by atoms with van der Waals surface area (Å²) in [5.74, 6) is 1.61. The first kappa shape index (κ1) is 16.4. The van der Waals surface area contributed by atoms with E-state index in [1.165, 1.54) is 5.56 Å². The van der Waals surface area contributed by atoms with Gasteiger partial charge in [0, 0.05) is 31.3 Å². The first-order valence-electron chi connectivity index (χ1n) is 7.03. The van der Waals surface area contributed by atoms with Crippen LogP contribution in [0.15, 0.2) is 46.0 Å². The second-order valence-corrected chi connectivity index (χ2v) is 5.89. The Kier molecular flexibility index (Phi) is 5.89. The summed E-state index contributed by atoms with van der Waals surface area (Å²) < 4.78 is 1.08. The van der Waals surface area contributed by atoms with Crippen molar-refractivity contribution in [2.24, 2.45) is 4.99 Å². The van der Waals surface area contributed by atoms with E-state index in [9.17, 15) is 0 Å². The van der Waals surface area contributed by atoms with Gasteiger partial charge in [-0.1, -0.05) is 28.1 Å². The van der Waals surface area contributed by atoms with Gasteiger partial charge >= 0.3 is 0 Å². The third kappa shape index (κ3) is 4.80. The fraction of sp³-hybridized carbons (Fsp3) is 0.312. The number of nitrogens with one attached hydrogen (secondary N) is 1. The molecule has 0 fully saturated rings. The number of aryl methyl sites for hydroxylation is 1. The summed E-state index contributed by atoms with van der Waals surface area (Å²) in [4.78, 5) is 14.9. The predicted molar refractivity (Wildman–Crippen MR) is 92.6 cm³/mol. The Morgan fingerprint density at radius 3 is 2.64 bits per heavy atom. The average Bonchev–Trinajstić information content (AvgIpc) is 2.50. The zero-order chi connectivity index (χ0) is 15.9. The van der Waals surface area contributed by atoms with E-state index in [0.29, 0.717) is 6.54 Å². The van der Waals surface area contributed by atoms with Crippen LogP contribution in [0.25, 0.3) is 0 Å². The fourth-order valence-corrected chi connectivity index (χ4v) is 2.36. The third-order valence-electron chi connectivity index (χ3n) is 3.17. The zero-order valence-corrected chi connectivity index (χ0v) is 14.6. The third-order valence-corrected chi connectivity index (χ3v) is 3.70. The van der Waals surface area contributed by atoms with Crippen molar-refractivity contribution < 1.29 is 0 Å². The number of halogens is 1. The molecule has 5 nitrogen and oxygen atoms in total. The number of guanidine groups is 1. The van der Waals surface area contributed by atoms with Crippen molar-refractivity contribution in [1.82, 2.24) is 20.2 Å². The van der Waals surface area contributed by atoms with E-state index in [4.69, 9.17) is 0 Å². The number of nitrogens with zero attached hydrogens (tertiary/aromatic N) is 4. The zero-order valence-electron chi connectivity index (χ0n) is 13.0. The van der Waals surface area contributed by atoms with E-state index in [1.807, 2.05) is 32.2 Å². The van der Waals surface area contributed by atoms with Crippen LogP contribution < -0.4 is 5.32 Å². The lowest BCUT2D eigenvalue weighted by Crippen LogP contribution is -2.38. The van der Waals surface area contributed by atoms with Crippen molar-refractivity contribution in [2.75, 3.05) is 14.1 Å². The lowest BCUT2D eigenvalue weighted by Gasteiger charge is -2.22. The standard InChI is InChI=1S/C16H20BrN5/c1-12-19-9-8-15(21-12)10-20-16(18-2)22(3)11-13-4-6-14(17)7-5-13/h4-9H,10-11H2,1-3H3,(H,18,20). The van der Waals surface area contributed by atoms with Crippen LogP contribution in [0.1, 0.15) is 17.1 Å². The number of benzene rings is 1. The minimum Gasteiger partial charge on any atom is -0.351 e. The molecule has 0 aliphatic heterocycles. The number of rotatable bonds is 4. The second kappa shape index (κ2) is 7.89. The monoisotopic (exact) mass is 361 g/mol. The molecule has 0 amide bonds. The maximum atomic E-state index is 4.38. The molecule has 2 aromatic rings. The highest BCUT2D eigenvalue weighted by Crippen LogP contribution is 2.11. The molecule has 0 spiro atoms. The van der Waals surface area contributed by atoms with Gasteiger partial charge in [0.25, 0.3) is 0 Å². The van der Waals surface area contributed by atoms with Gasteiger partial charge in [-0.05, 0) is 30.7 Å². The lowest BCUT2D eigenvalue weighted by molar-refractivity contribution is 0.476. The van der Waals surface area contributed by atoms with Crippen LogP contribution in [0.2, 0.25) is 0 Å². The molecule has 1 aromatic heterocycles. The molecular weight excluding hydrogens is 342 g/mol. The van der Waals surface area contributed by atoms with Crippen molar-refractivity contribution in [1.29, 1.82) is 0 Å². The summed E-state index contributed by atoms with van der Waals surface area (Å²) in [5, 5.41) is 3.32. The molecule has 116 valence electrons. The van der Waals surface area contributed by atoms with Crippen molar-refractivity contribution in [2.45, 2.75) is 20.0 Å². The maximum Gasteiger partial charge on any atom is 0.194 e. The Bertz CT molecular complexity index is 639. The smallest absolute Gasteiger partial charge is 0.194 e. The van der Waals surface area contributed by atoms with Crippen molar-refractivity contribution in [3.8, 4) is 0 Å². The van der Waals surface area contributed by atoms with Crippen molar-refractivity contribution in [3.63, 3.8) is 0 Å². The molecule has 1 heterocycles. The maximum absolute atomic E-state index is 4.38. The SMILES string of the molecule is CN=C(NCc1ccnc(C)n1)N(C)Cc1ccc(Br)cc1. The largest absolute Gasteiger partial charge is 0.351 e. The van der Waals surface area contributed by atoms with Gasteiger partial charge in [-0.3, -0.25) is 4.99 Å². The van der Waals surface area contributed by atoms with Gasteiger partial charge < -0.3 is 10.2 Å². The molecule has 0 saturated heterocycles. The summed E-state index contributed by atoms with van der Waals surface area (Å²) in [6.07, 6.45) is 1.77. The molecule has 0 bridgehead atoms. The van der Waals surface area contributed by atoms with Crippen molar-refractivity contribution >= 4 is 21.9 Å². The van der Waals surface area contributed by atoms with Gasteiger partial charge in [-0.25, -0.2) is 9.97 Å². The van der Waals surface area contributed by atoms with Gasteiger partial charge in [0.1, 0.15) is 5.82 Å². The molecule has 0 radical (unpaired) electrons. The summed E-state index contributed by atoms with van der Waals surface area (Å²) >= 11 is 3.45. The van der Waals surface area contributed by atoms with Gasteiger partial charge in [-0.15, -0.1) is 0 Å². The molecule has 0 aliphatic rings. The molecule has 0 aliphatic carbocycles. The molecule has 1 aromatic carbocycles. The number of hydrogen-bond acceptors (Lipinski definition) is 3. The summed E-state index contributed by atoms with van der Waals surface area (Å²) in [6.45, 7) is 3.30. The summed E-state index contributed by atoms with van der Waals surface area (Å²) in [5.41, 5.74) is 2.18. The van der Waals surface area contributed by atoms with E-state index in [2.05, 4.69) is 53.2 Å². The van der Waals surface area contributed by atoms with E-state index in [1.54, 1.807) is 13.2 Å². The summed E-state index contributed by atoms with van der Waals surface area (Å²) in [7, 11) is 3.80. The Morgan fingerprint density at radius 2 is 2.00 bits per heavy atom. The van der Waals surface area contributed by atoms with Crippen LogP contribution in [0, 0.1) is 6.92 Å². The Balaban J connectivity index is 1.94. The van der Waals surface area contributed by atoms with E-state index in [-0.39, 0.29) is 0 Å². The molecule has 22 heavy (non-hydrogen) atoms. The molecule has 0 unspecified atom stereocenters. The topological polar surface area (TPSA) is 53.4 Å². The van der Waals surface area contributed by atoms with Crippen LogP contribution in [0.3, 0.4) is 0 Å². The van der Waals surface area contributed by atoms with Crippen LogP contribution in [0.5, 0.6) is 0 Å². The minimum absolute atomic E-state index is 0.626. The highest BCUT2D eigenvalue weighted by Gasteiger charge is 2.07. The van der Waals surface area contributed by atoms with Crippen LogP contribution >= 0.6 is 15.9 Å². The molecule has 2 rings (SSSR count).